The van der Waals surface area contributed by atoms with E-state index in [1.54, 1.807) is 6.92 Å². The first-order chi connectivity index (χ1) is 5.11. The minimum absolute atomic E-state index is 0.0440. The Balaban J connectivity index is 2.85. The number of aryl methyl sites for hydroxylation is 1. The number of nitrogens with zero attached hydrogens (tertiary/aromatic N) is 1. The van der Waals surface area contributed by atoms with E-state index in [0.717, 1.165) is 0 Å². The number of carbonyl (C=O) groups excluding carboxylic acids is 1. The molecule has 0 aliphatic rings. The Morgan fingerprint density at radius 3 is 2.73 bits per heavy atom. The number of alkyl halides is 2. The molecule has 0 aliphatic heterocycles. The minimum atomic E-state index is -1.10. The second-order valence-electron chi connectivity index (χ2n) is 1.96. The van der Waals surface area contributed by atoms with Crippen molar-refractivity contribution in [1.29, 1.82) is 0 Å². The van der Waals surface area contributed by atoms with Crippen LogP contribution in [-0.2, 0) is 0 Å². The first-order valence-electron chi connectivity index (χ1n) is 2.85. The highest BCUT2D eigenvalue weighted by Gasteiger charge is 2.19. The molecule has 0 spiro atoms. The molecule has 0 bridgehead atoms. The van der Waals surface area contributed by atoms with Crippen molar-refractivity contribution in [2.75, 3.05) is 0 Å². The number of rotatable bonds is 2. The van der Waals surface area contributed by atoms with Gasteiger partial charge >= 0.3 is 0 Å². The van der Waals surface area contributed by atoms with Gasteiger partial charge in [-0.25, -0.2) is 4.98 Å². The van der Waals surface area contributed by atoms with Crippen LogP contribution in [0, 0.1) is 6.92 Å². The van der Waals surface area contributed by atoms with E-state index >= 15 is 0 Å². The predicted octanol–water partition coefficient (Wildman–Crippen LogP) is 1.97. The molecule has 0 amide bonds. The maximum atomic E-state index is 10.9. The van der Waals surface area contributed by atoms with E-state index in [1.807, 2.05) is 0 Å². The highest BCUT2D eigenvalue weighted by atomic mass is 35.5. The van der Waals surface area contributed by atoms with E-state index in [4.69, 9.17) is 27.6 Å². The molecule has 60 valence electrons. The lowest BCUT2D eigenvalue weighted by molar-refractivity contribution is 0.0974. The number of Topliss-reactive ketones (excluding diaryl/α,β-unsaturated/α-hetero) is 1. The van der Waals surface area contributed by atoms with Gasteiger partial charge < -0.3 is 4.42 Å². The van der Waals surface area contributed by atoms with Crippen molar-refractivity contribution >= 4 is 29.0 Å². The van der Waals surface area contributed by atoms with Crippen LogP contribution >= 0.6 is 23.2 Å². The fourth-order valence-electron chi connectivity index (χ4n) is 0.560. The van der Waals surface area contributed by atoms with Crippen LogP contribution in [0.3, 0.4) is 0 Å². The van der Waals surface area contributed by atoms with Gasteiger partial charge in [-0.15, -0.1) is 0 Å². The summed E-state index contributed by atoms with van der Waals surface area (Å²) in [5.74, 6) is -0.557. The molecule has 1 rings (SSSR count). The summed E-state index contributed by atoms with van der Waals surface area (Å²) >= 11 is 10.6. The van der Waals surface area contributed by atoms with Crippen LogP contribution in [0.2, 0.25) is 0 Å². The molecule has 1 aromatic rings. The quantitative estimate of drug-likeness (QED) is 0.533. The van der Waals surface area contributed by atoms with Crippen molar-refractivity contribution in [1.82, 2.24) is 4.98 Å². The topological polar surface area (TPSA) is 43.1 Å². The minimum Gasteiger partial charge on any atom is -0.442 e. The van der Waals surface area contributed by atoms with Crippen LogP contribution in [0.15, 0.2) is 10.7 Å². The van der Waals surface area contributed by atoms with E-state index in [9.17, 15) is 4.79 Å². The van der Waals surface area contributed by atoms with Crippen LogP contribution in [0.5, 0.6) is 0 Å². The molecule has 5 heteroatoms. The fourth-order valence-corrected chi connectivity index (χ4v) is 0.747. The molecule has 0 saturated heterocycles. The third kappa shape index (κ3) is 1.94. The predicted molar refractivity (Wildman–Crippen MR) is 41.1 cm³/mol. The molecule has 3 nitrogen and oxygen atoms in total. The molecule has 11 heavy (non-hydrogen) atoms. The molecule has 0 unspecified atom stereocenters. The van der Waals surface area contributed by atoms with Gasteiger partial charge in [-0.1, -0.05) is 23.2 Å². The Bertz CT molecular complexity index is 269. The summed E-state index contributed by atoms with van der Waals surface area (Å²) < 4.78 is 4.76. The van der Waals surface area contributed by atoms with Gasteiger partial charge in [-0.3, -0.25) is 4.79 Å². The Kier molecular flexibility index (Phi) is 2.52. The van der Waals surface area contributed by atoms with Crippen molar-refractivity contribution < 1.29 is 9.21 Å². The van der Waals surface area contributed by atoms with Crippen molar-refractivity contribution in [3.8, 4) is 0 Å². The molecule has 0 aromatic carbocycles. The van der Waals surface area contributed by atoms with Crippen LogP contribution in [0.25, 0.3) is 0 Å². The Hall–Kier alpha value is -0.540. The normalized spacial score (nSPS) is 10.5. The third-order valence-electron chi connectivity index (χ3n) is 1.03. The number of hydrogen-bond donors (Lipinski definition) is 0. The monoisotopic (exact) mass is 193 g/mol. The van der Waals surface area contributed by atoms with Gasteiger partial charge in [0.2, 0.25) is 5.78 Å². The summed E-state index contributed by atoms with van der Waals surface area (Å²) in [4.78, 5) is 13.6. The Morgan fingerprint density at radius 2 is 2.36 bits per heavy atom. The fraction of sp³-hybridized carbons (Fsp3) is 0.333. The molecule has 1 aromatic heterocycles. The molecular formula is C6H5Cl2NO2. The van der Waals surface area contributed by atoms with E-state index < -0.39 is 10.6 Å². The van der Waals surface area contributed by atoms with Crippen molar-refractivity contribution in [2.45, 2.75) is 11.8 Å². The zero-order chi connectivity index (χ0) is 8.43. The van der Waals surface area contributed by atoms with Crippen molar-refractivity contribution in [2.24, 2.45) is 0 Å². The first kappa shape index (κ1) is 8.56. The highest BCUT2D eigenvalue weighted by molar-refractivity contribution is 6.55. The van der Waals surface area contributed by atoms with Gasteiger partial charge in [0, 0.05) is 0 Å². The summed E-state index contributed by atoms with van der Waals surface area (Å²) in [7, 11) is 0. The van der Waals surface area contributed by atoms with E-state index in [2.05, 4.69) is 4.98 Å². The van der Waals surface area contributed by atoms with Gasteiger partial charge in [0.25, 0.3) is 5.89 Å². The Morgan fingerprint density at radius 1 is 1.73 bits per heavy atom. The van der Waals surface area contributed by atoms with E-state index in [-0.39, 0.29) is 5.89 Å². The van der Waals surface area contributed by atoms with Crippen molar-refractivity contribution in [3.63, 3.8) is 0 Å². The summed E-state index contributed by atoms with van der Waals surface area (Å²) in [6.07, 6.45) is 1.36. The van der Waals surface area contributed by atoms with Gasteiger partial charge in [0.1, 0.15) is 6.26 Å². The van der Waals surface area contributed by atoms with Gasteiger partial charge in [0.15, 0.2) is 4.84 Å². The molecule has 0 aliphatic carbocycles. The maximum absolute atomic E-state index is 10.9. The first-order valence-corrected chi connectivity index (χ1v) is 3.73. The largest absolute Gasteiger partial charge is 0.442 e. The molecule has 0 N–H and O–H groups in total. The molecule has 0 radical (unpaired) electrons. The van der Waals surface area contributed by atoms with Gasteiger partial charge in [0.05, 0.1) is 5.69 Å². The number of halogens is 2. The van der Waals surface area contributed by atoms with Gasteiger partial charge in [-0.2, -0.15) is 0 Å². The lowest BCUT2D eigenvalue weighted by Gasteiger charge is -1.92. The van der Waals surface area contributed by atoms with Crippen LogP contribution in [0.4, 0.5) is 0 Å². The summed E-state index contributed by atoms with van der Waals surface area (Å²) in [6.45, 7) is 1.71. The zero-order valence-corrected chi connectivity index (χ0v) is 7.19. The van der Waals surface area contributed by atoms with Crippen LogP contribution in [0.1, 0.15) is 16.4 Å². The SMILES string of the molecule is Cc1coc(C(=O)C(Cl)Cl)n1. The summed E-state index contributed by atoms with van der Waals surface area (Å²) in [5.41, 5.74) is 0.627. The van der Waals surface area contributed by atoms with E-state index in [1.165, 1.54) is 6.26 Å². The summed E-state index contributed by atoms with van der Waals surface area (Å²) in [5, 5.41) is 0. The number of hydrogen-bond acceptors (Lipinski definition) is 3. The second kappa shape index (κ2) is 3.24. The number of oxazole rings is 1. The average molecular weight is 194 g/mol. The number of carbonyl (C=O) groups is 1. The standard InChI is InChI=1S/C6H5Cl2NO2/c1-3-2-11-6(9-3)4(10)5(7)8/h2,5H,1H3. The lowest BCUT2D eigenvalue weighted by Crippen LogP contribution is -2.08. The smallest absolute Gasteiger partial charge is 0.266 e. The van der Waals surface area contributed by atoms with Crippen molar-refractivity contribution in [3.05, 3.63) is 17.8 Å². The molecule has 0 saturated carbocycles. The highest BCUT2D eigenvalue weighted by Crippen LogP contribution is 2.10. The molecular weight excluding hydrogens is 189 g/mol. The van der Waals surface area contributed by atoms with Gasteiger partial charge in [-0.05, 0) is 6.92 Å². The summed E-state index contributed by atoms with van der Waals surface area (Å²) in [6, 6.07) is 0. The van der Waals surface area contributed by atoms with E-state index in [0.29, 0.717) is 5.69 Å². The molecule has 1 heterocycles. The average Bonchev–Trinajstić information content (AvgIpc) is 2.34. The van der Waals surface area contributed by atoms with Crippen LogP contribution in [-0.4, -0.2) is 15.6 Å². The second-order valence-corrected chi connectivity index (χ2v) is 3.06. The van der Waals surface area contributed by atoms with Crippen LogP contribution < -0.4 is 0 Å². The third-order valence-corrected chi connectivity index (χ3v) is 1.42. The number of ketones is 1. The molecule has 0 atom stereocenters. The Labute approximate surface area is 73.3 Å². The molecule has 0 fully saturated rings. The zero-order valence-electron chi connectivity index (χ0n) is 5.67. The number of aromatic nitrogens is 1. The maximum Gasteiger partial charge on any atom is 0.266 e. The lowest BCUT2D eigenvalue weighted by atomic mass is 10.4.